The molecule has 5 rings (SSSR count). The van der Waals surface area contributed by atoms with Crippen molar-refractivity contribution < 1.29 is 19.1 Å². The monoisotopic (exact) mass is 531 g/mol. The van der Waals surface area contributed by atoms with Crippen LogP contribution in [-0.2, 0) is 9.53 Å². The molecule has 0 bridgehead atoms. The zero-order valence-corrected chi connectivity index (χ0v) is 22.9. The van der Waals surface area contributed by atoms with Gasteiger partial charge in [0.1, 0.15) is 17.4 Å². The second-order valence-corrected chi connectivity index (χ2v) is 10.7. The Kier molecular flexibility index (Phi) is 7.97. The molecule has 206 valence electrons. The Morgan fingerprint density at radius 2 is 2.08 bits per heavy atom. The van der Waals surface area contributed by atoms with Crippen molar-refractivity contribution in [2.24, 2.45) is 5.92 Å². The summed E-state index contributed by atoms with van der Waals surface area (Å²) in [6, 6.07) is 9.17. The standard InChI is InChI=1S/C30H37N5O4/c1-5-27(36)34-14-7-6-9-23(17-34)35-28-24(32-30(35)33-29(37)22-12-13-31-20(3)15-22)10-8-11-25(28)39-26-16-21(4)38-18-19(26)2/h5,8,10-13,15,19,21,23,26H,1,6-7,9,14,16-18H2,2-4H3,(H,32,33,37)/t19?,21?,23-,26-/m1/s1. The molecule has 2 aromatic heterocycles. The summed E-state index contributed by atoms with van der Waals surface area (Å²) in [5, 5.41) is 3.05. The molecule has 1 N–H and O–H groups in total. The molecule has 2 saturated heterocycles. The Labute approximate surface area is 229 Å². The summed E-state index contributed by atoms with van der Waals surface area (Å²) in [4.78, 5) is 36.9. The molecule has 2 amide bonds. The van der Waals surface area contributed by atoms with E-state index in [0.717, 1.165) is 48.2 Å². The number of hydrogen-bond donors (Lipinski definition) is 1. The predicted molar refractivity (Wildman–Crippen MR) is 150 cm³/mol. The Morgan fingerprint density at radius 3 is 2.87 bits per heavy atom. The third-order valence-electron chi connectivity index (χ3n) is 7.68. The van der Waals surface area contributed by atoms with Crippen LogP contribution in [0.4, 0.5) is 5.95 Å². The molecule has 1 aromatic carbocycles. The molecule has 3 aromatic rings. The molecule has 2 unspecified atom stereocenters. The van der Waals surface area contributed by atoms with Crippen molar-refractivity contribution in [1.29, 1.82) is 0 Å². The lowest BCUT2D eigenvalue weighted by Gasteiger charge is -2.33. The highest BCUT2D eigenvalue weighted by atomic mass is 16.5. The lowest BCUT2D eigenvalue weighted by atomic mass is 9.97. The van der Waals surface area contributed by atoms with Gasteiger partial charge in [0.05, 0.1) is 24.3 Å². The number of benzene rings is 1. The number of anilines is 1. The third kappa shape index (κ3) is 5.83. The number of hydrogen-bond acceptors (Lipinski definition) is 6. The maximum atomic E-state index is 13.3. The van der Waals surface area contributed by atoms with Gasteiger partial charge in [0, 0.05) is 42.9 Å². The number of carbonyl (C=O) groups is 2. The van der Waals surface area contributed by atoms with Crippen LogP contribution in [0.15, 0.2) is 49.2 Å². The Balaban J connectivity index is 1.58. The smallest absolute Gasteiger partial charge is 0.258 e. The summed E-state index contributed by atoms with van der Waals surface area (Å²) >= 11 is 0. The highest BCUT2D eigenvalue weighted by molar-refractivity contribution is 6.04. The first-order valence-electron chi connectivity index (χ1n) is 13.8. The number of nitrogens with one attached hydrogen (secondary N) is 1. The van der Waals surface area contributed by atoms with Crippen molar-refractivity contribution in [3.63, 3.8) is 0 Å². The van der Waals surface area contributed by atoms with Crippen LogP contribution >= 0.6 is 0 Å². The number of nitrogens with zero attached hydrogens (tertiary/aromatic N) is 4. The van der Waals surface area contributed by atoms with E-state index in [1.54, 1.807) is 18.3 Å². The SMILES string of the molecule is C=CC(=O)N1CCCC[C@@H](n2c(NC(=O)c3ccnc(C)c3)nc3cccc(O[C@@H]4CC(C)OCC4C)c32)C1. The predicted octanol–water partition coefficient (Wildman–Crippen LogP) is 4.92. The fraction of sp³-hybridized carbons (Fsp3) is 0.467. The quantitative estimate of drug-likeness (QED) is 0.453. The molecule has 9 nitrogen and oxygen atoms in total. The van der Waals surface area contributed by atoms with Crippen LogP contribution in [0.3, 0.4) is 0 Å². The largest absolute Gasteiger partial charge is 0.488 e. The highest BCUT2D eigenvalue weighted by Crippen LogP contribution is 2.37. The number of pyridine rings is 1. The van der Waals surface area contributed by atoms with E-state index in [0.29, 0.717) is 31.2 Å². The minimum absolute atomic E-state index is 0.00601. The molecular weight excluding hydrogens is 494 g/mol. The first-order valence-corrected chi connectivity index (χ1v) is 13.8. The number of para-hydroxylation sites is 1. The van der Waals surface area contributed by atoms with E-state index in [9.17, 15) is 9.59 Å². The van der Waals surface area contributed by atoms with Crippen LogP contribution in [0.1, 0.15) is 61.6 Å². The molecule has 39 heavy (non-hydrogen) atoms. The zero-order valence-electron chi connectivity index (χ0n) is 22.9. The number of aryl methyl sites for hydroxylation is 1. The molecule has 2 aliphatic rings. The average Bonchev–Trinajstić information content (AvgIpc) is 3.11. The number of ether oxygens (including phenoxy) is 2. The summed E-state index contributed by atoms with van der Waals surface area (Å²) in [6.07, 6.45) is 6.58. The molecule has 0 saturated carbocycles. The van der Waals surface area contributed by atoms with Crippen LogP contribution in [-0.4, -0.2) is 63.2 Å². The number of imidazole rings is 1. The third-order valence-corrected chi connectivity index (χ3v) is 7.68. The van der Waals surface area contributed by atoms with Gasteiger partial charge in [-0.1, -0.05) is 19.6 Å². The Bertz CT molecular complexity index is 1370. The second-order valence-electron chi connectivity index (χ2n) is 10.7. The van der Waals surface area contributed by atoms with Crippen LogP contribution in [0.2, 0.25) is 0 Å². The minimum atomic E-state index is -0.265. The maximum absolute atomic E-state index is 13.3. The number of fused-ring (bicyclic) bond motifs is 1. The maximum Gasteiger partial charge on any atom is 0.258 e. The van der Waals surface area contributed by atoms with Crippen molar-refractivity contribution in [3.05, 3.63) is 60.4 Å². The van der Waals surface area contributed by atoms with E-state index in [-0.39, 0.29) is 36.0 Å². The lowest BCUT2D eigenvalue weighted by molar-refractivity contribution is -0.126. The van der Waals surface area contributed by atoms with Gasteiger partial charge >= 0.3 is 0 Å². The summed E-state index contributed by atoms with van der Waals surface area (Å²) in [5.74, 6) is 1.04. The van der Waals surface area contributed by atoms with Crippen LogP contribution < -0.4 is 10.1 Å². The van der Waals surface area contributed by atoms with Gasteiger partial charge in [-0.3, -0.25) is 19.9 Å². The van der Waals surface area contributed by atoms with Gasteiger partial charge in [-0.05, 0) is 63.5 Å². The molecule has 9 heteroatoms. The topological polar surface area (TPSA) is 98.6 Å². The molecule has 0 spiro atoms. The fourth-order valence-electron chi connectivity index (χ4n) is 5.55. The minimum Gasteiger partial charge on any atom is -0.488 e. The molecule has 0 aliphatic carbocycles. The number of amides is 2. The van der Waals surface area contributed by atoms with Gasteiger partial charge in [0.25, 0.3) is 5.91 Å². The number of carbonyl (C=O) groups excluding carboxylic acids is 2. The summed E-state index contributed by atoms with van der Waals surface area (Å²) in [7, 11) is 0. The molecular formula is C30H37N5O4. The van der Waals surface area contributed by atoms with Crippen LogP contribution in [0.25, 0.3) is 11.0 Å². The molecule has 2 aliphatic heterocycles. The molecule has 4 atom stereocenters. The number of rotatable bonds is 6. The van der Waals surface area contributed by atoms with Crippen molar-refractivity contribution in [2.45, 2.75) is 64.7 Å². The molecule has 2 fully saturated rings. The van der Waals surface area contributed by atoms with Crippen LogP contribution in [0.5, 0.6) is 5.75 Å². The Hall–Kier alpha value is -3.72. The van der Waals surface area contributed by atoms with E-state index < -0.39 is 0 Å². The highest BCUT2D eigenvalue weighted by Gasteiger charge is 2.31. The van der Waals surface area contributed by atoms with E-state index in [1.807, 2.05) is 30.0 Å². The second kappa shape index (κ2) is 11.6. The van der Waals surface area contributed by atoms with E-state index >= 15 is 0 Å². The summed E-state index contributed by atoms with van der Waals surface area (Å²) in [5.41, 5.74) is 2.82. The van der Waals surface area contributed by atoms with Crippen LogP contribution in [0, 0.1) is 12.8 Å². The number of aromatic nitrogens is 3. The van der Waals surface area contributed by atoms with Gasteiger partial charge in [0.2, 0.25) is 11.9 Å². The Morgan fingerprint density at radius 1 is 1.23 bits per heavy atom. The average molecular weight is 532 g/mol. The van der Waals surface area contributed by atoms with Crippen molar-refractivity contribution in [1.82, 2.24) is 19.4 Å². The van der Waals surface area contributed by atoms with Gasteiger partial charge in [0.15, 0.2) is 0 Å². The normalized spacial score (nSPS) is 23.7. The lowest BCUT2D eigenvalue weighted by Crippen LogP contribution is -2.38. The van der Waals surface area contributed by atoms with Crippen molar-refractivity contribution in [2.75, 3.05) is 25.0 Å². The molecule has 0 radical (unpaired) electrons. The van der Waals surface area contributed by atoms with Crippen molar-refractivity contribution >= 4 is 28.8 Å². The summed E-state index contributed by atoms with van der Waals surface area (Å²) in [6.45, 7) is 11.6. The zero-order chi connectivity index (χ0) is 27.5. The fourth-order valence-corrected chi connectivity index (χ4v) is 5.55. The van der Waals surface area contributed by atoms with Gasteiger partial charge in [-0.2, -0.15) is 0 Å². The first kappa shape index (κ1) is 26.9. The van der Waals surface area contributed by atoms with Crippen molar-refractivity contribution in [3.8, 4) is 5.75 Å². The van der Waals surface area contributed by atoms with E-state index in [1.165, 1.54) is 6.08 Å². The molecule has 4 heterocycles. The van der Waals surface area contributed by atoms with Gasteiger partial charge < -0.3 is 18.9 Å². The summed E-state index contributed by atoms with van der Waals surface area (Å²) < 4.78 is 14.6. The van der Waals surface area contributed by atoms with E-state index in [4.69, 9.17) is 14.5 Å². The number of likely N-dealkylation sites (tertiary alicyclic amines) is 1. The first-order chi connectivity index (χ1) is 18.8. The van der Waals surface area contributed by atoms with E-state index in [2.05, 4.69) is 35.3 Å². The van der Waals surface area contributed by atoms with Gasteiger partial charge in [-0.25, -0.2) is 4.98 Å². The van der Waals surface area contributed by atoms with Gasteiger partial charge in [-0.15, -0.1) is 0 Å².